The maximum absolute atomic E-state index is 5.76. The van der Waals surface area contributed by atoms with Gasteiger partial charge < -0.3 is 17.0 Å². The normalized spacial score (nSPS) is 22.9. The molecule has 0 bridgehead atoms. The monoisotopic (exact) mass is 289 g/mol. The lowest BCUT2D eigenvalue weighted by Gasteiger charge is -2.49. The highest BCUT2D eigenvalue weighted by Gasteiger charge is 2.38. The molecule has 0 radical (unpaired) electrons. The molecule has 1 fully saturated rings. The average molecular weight is 289 g/mol. The molecule has 1 atom stereocenters. The summed E-state index contributed by atoms with van der Waals surface area (Å²) in [5.41, 5.74) is 0. The molecule has 0 N–H and O–H groups in total. The Balaban J connectivity index is 2.39. The van der Waals surface area contributed by atoms with Gasteiger partial charge in [0, 0.05) is 5.30 Å². The van der Waals surface area contributed by atoms with Gasteiger partial charge in [0.15, 0.2) is 0 Å². The van der Waals surface area contributed by atoms with Crippen molar-refractivity contribution in [1.82, 2.24) is 0 Å². The molecule has 1 heterocycles. The molecule has 1 saturated heterocycles. The second-order valence-electron chi connectivity index (χ2n) is 3.94. The van der Waals surface area contributed by atoms with E-state index in [0.717, 1.165) is 18.4 Å². The van der Waals surface area contributed by atoms with Gasteiger partial charge in [-0.2, -0.15) is 4.42 Å². The van der Waals surface area contributed by atoms with Crippen molar-refractivity contribution < 1.29 is 14.0 Å². The smallest absolute Gasteiger partial charge is 0.133 e. The zero-order valence-electron chi connectivity index (χ0n) is 9.74. The Hall–Kier alpha value is 0.1000. The van der Waals surface area contributed by atoms with E-state index in [1.54, 1.807) is 7.11 Å². The zero-order chi connectivity index (χ0) is 12.4. The fraction of sp³-hybridized carbons (Fsp3) is 0.455. The molecule has 3 nitrogen and oxygen atoms in total. The Labute approximate surface area is 112 Å². The number of hydrogen-bond donors (Lipinski definition) is 0. The van der Waals surface area contributed by atoms with E-state index in [1.165, 1.54) is 0 Å². The molecule has 1 aromatic rings. The van der Waals surface area contributed by atoms with E-state index in [-0.39, 0.29) is 0 Å². The molecule has 1 aliphatic rings. The van der Waals surface area contributed by atoms with Crippen LogP contribution < -0.4 is 5.30 Å². The Kier molecular flexibility index (Phi) is 4.29. The van der Waals surface area contributed by atoms with Crippen LogP contribution in [0.25, 0.3) is 0 Å². The number of nitrogens with zero attached hydrogens (tertiary/aromatic N) is 1. The van der Waals surface area contributed by atoms with Crippen LogP contribution >= 0.6 is 5.39 Å². The first-order valence-electron chi connectivity index (χ1n) is 5.50. The minimum absolute atomic E-state index is 0.377. The van der Waals surface area contributed by atoms with Gasteiger partial charge in [-0.1, -0.05) is 42.1 Å². The Bertz CT molecular complexity index is 421. The van der Waals surface area contributed by atoms with E-state index >= 15 is 0 Å². The quantitative estimate of drug-likeness (QED) is 0.621. The van der Waals surface area contributed by atoms with Crippen LogP contribution in [0.1, 0.15) is 0 Å². The van der Waals surface area contributed by atoms with Gasteiger partial charge in [-0.3, -0.25) is 0 Å². The Morgan fingerprint density at radius 3 is 2.41 bits per heavy atom. The van der Waals surface area contributed by atoms with Crippen molar-refractivity contribution in [3.05, 3.63) is 30.3 Å². The van der Waals surface area contributed by atoms with Crippen LogP contribution in [0.3, 0.4) is 0 Å². The van der Waals surface area contributed by atoms with Crippen LogP contribution in [0.2, 0.25) is 0 Å². The van der Waals surface area contributed by atoms with Crippen LogP contribution in [0.4, 0.5) is 0 Å². The third-order valence-electron chi connectivity index (χ3n) is 3.07. The molecule has 94 valence electrons. The average Bonchev–Trinajstić information content (AvgIpc) is 2.40. The maximum Gasteiger partial charge on any atom is 0.133 e. The minimum atomic E-state index is -2.20. The largest absolute Gasteiger partial charge is 0.679 e. The summed E-state index contributed by atoms with van der Waals surface area (Å²) in [4.78, 5) is 5.70. The summed E-state index contributed by atoms with van der Waals surface area (Å²) in [6, 6.07) is 9.97. The molecule has 0 aliphatic carbocycles. The van der Waals surface area contributed by atoms with Crippen molar-refractivity contribution >= 4 is 34.8 Å². The number of ether oxygens (including phenoxy) is 1. The first kappa shape index (κ1) is 13.5. The van der Waals surface area contributed by atoms with Crippen LogP contribution in [-0.4, -0.2) is 37.8 Å². The molecular formula is C11H16NO2PS2. The standard InChI is InChI=1S/C11H16NO2PS2/c1-13-12(7-9-14-10-8-12)15(16,17)11-5-3-2-4-6-11/h2-6H,7-10H2,1H3. The summed E-state index contributed by atoms with van der Waals surface area (Å²) in [6.45, 7) is 2.81. The molecule has 1 aromatic carbocycles. The number of rotatable bonds is 3. The summed E-state index contributed by atoms with van der Waals surface area (Å²) in [6.07, 6.45) is 0. The van der Waals surface area contributed by atoms with Gasteiger partial charge in [0.2, 0.25) is 0 Å². The second kappa shape index (κ2) is 5.39. The van der Waals surface area contributed by atoms with E-state index in [1.807, 2.05) is 30.3 Å². The zero-order valence-corrected chi connectivity index (χ0v) is 12.3. The highest BCUT2D eigenvalue weighted by Crippen LogP contribution is 2.53. The molecule has 6 heteroatoms. The topological polar surface area (TPSA) is 18.5 Å². The van der Waals surface area contributed by atoms with Gasteiger partial charge in [-0.05, 0) is 0 Å². The maximum atomic E-state index is 5.76. The molecular weight excluding hydrogens is 273 g/mol. The number of quaternary nitrogens is 1. The van der Waals surface area contributed by atoms with Crippen LogP contribution in [-0.2, 0) is 33.6 Å². The van der Waals surface area contributed by atoms with Crippen LogP contribution in [0.5, 0.6) is 0 Å². The lowest BCUT2D eigenvalue weighted by molar-refractivity contribution is -1.01. The van der Waals surface area contributed by atoms with Gasteiger partial charge >= 0.3 is 0 Å². The lowest BCUT2D eigenvalue weighted by atomic mass is 10.4. The SMILES string of the molecule is CO[N+]1(P(=S)([S-])c2ccccc2)CCOCC1. The van der Waals surface area contributed by atoms with Crippen LogP contribution in [0, 0.1) is 0 Å². The molecule has 17 heavy (non-hydrogen) atoms. The molecule has 0 amide bonds. The fourth-order valence-electron chi connectivity index (χ4n) is 2.01. The molecule has 1 unspecified atom stereocenters. The van der Waals surface area contributed by atoms with Gasteiger partial charge in [-0.25, -0.2) is 4.84 Å². The van der Waals surface area contributed by atoms with Gasteiger partial charge in [-0.15, -0.1) is 0 Å². The first-order chi connectivity index (χ1) is 8.12. The minimum Gasteiger partial charge on any atom is -0.679 e. The summed E-state index contributed by atoms with van der Waals surface area (Å²) in [7, 11) is 1.70. The van der Waals surface area contributed by atoms with E-state index in [0.29, 0.717) is 17.6 Å². The lowest BCUT2D eigenvalue weighted by Crippen LogP contribution is -2.52. The Morgan fingerprint density at radius 2 is 1.88 bits per heavy atom. The number of morpholine rings is 1. The highest BCUT2D eigenvalue weighted by molar-refractivity contribution is 8.55. The van der Waals surface area contributed by atoms with Crippen molar-refractivity contribution in [2.75, 3.05) is 33.4 Å². The predicted octanol–water partition coefficient (Wildman–Crippen LogP) is 1.58. The summed E-state index contributed by atoms with van der Waals surface area (Å²) in [5, 5.41) is -1.15. The number of benzene rings is 1. The number of hydrogen-bond acceptors (Lipinski definition) is 4. The van der Waals surface area contributed by atoms with E-state index in [2.05, 4.69) is 0 Å². The van der Waals surface area contributed by atoms with Gasteiger partial charge in [0.25, 0.3) is 0 Å². The molecule has 0 aromatic heterocycles. The first-order valence-corrected chi connectivity index (χ1v) is 9.27. The van der Waals surface area contributed by atoms with Crippen molar-refractivity contribution in [2.24, 2.45) is 0 Å². The number of hydroxylamine groups is 2. The summed E-state index contributed by atoms with van der Waals surface area (Å²) in [5.74, 6) is 0. The molecule has 2 rings (SSSR count). The van der Waals surface area contributed by atoms with Crippen molar-refractivity contribution in [3.8, 4) is 0 Å². The third kappa shape index (κ3) is 2.46. The Morgan fingerprint density at radius 1 is 1.29 bits per heavy atom. The summed E-state index contributed by atoms with van der Waals surface area (Å²) >= 11 is 11.5. The predicted molar refractivity (Wildman–Crippen MR) is 75.5 cm³/mol. The van der Waals surface area contributed by atoms with Gasteiger partial charge in [0.05, 0.1) is 25.7 Å². The van der Waals surface area contributed by atoms with Crippen molar-refractivity contribution in [1.29, 1.82) is 0 Å². The molecule has 0 saturated carbocycles. The van der Waals surface area contributed by atoms with E-state index < -0.39 is 5.39 Å². The van der Waals surface area contributed by atoms with Gasteiger partial charge in [0.1, 0.15) is 13.1 Å². The van der Waals surface area contributed by atoms with Crippen molar-refractivity contribution in [3.63, 3.8) is 0 Å². The van der Waals surface area contributed by atoms with Crippen LogP contribution in [0.15, 0.2) is 30.3 Å². The van der Waals surface area contributed by atoms with Crippen molar-refractivity contribution in [2.45, 2.75) is 0 Å². The highest BCUT2D eigenvalue weighted by atomic mass is 32.9. The second-order valence-corrected chi connectivity index (χ2v) is 10.1. The fourth-order valence-corrected chi connectivity index (χ4v) is 5.99. The third-order valence-corrected chi connectivity index (χ3v) is 8.60. The summed E-state index contributed by atoms with van der Waals surface area (Å²) < 4.78 is 5.76. The van der Waals surface area contributed by atoms with E-state index in [4.69, 9.17) is 33.6 Å². The molecule has 0 spiro atoms. The molecule has 1 aliphatic heterocycles. The van der Waals surface area contributed by atoms with E-state index in [9.17, 15) is 0 Å².